The molecule has 11 nitrogen and oxygen atoms in total. The van der Waals surface area contributed by atoms with Crippen molar-refractivity contribution in [3.8, 4) is 5.69 Å². The Kier molecular flexibility index (Phi) is 8.85. The SMILES string of the molecule is O=C(Nc1ccc(-n2cnc3cc(NCCCN4CCOCC4)ccc3c2=O)c(F)c1)NS(=O)(=O)c1ccc(Cl)s1. The molecule has 1 aliphatic rings. The first-order valence-electron chi connectivity index (χ1n) is 12.6. The number of halogens is 2. The van der Waals surface area contributed by atoms with E-state index in [-0.39, 0.29) is 19.9 Å². The first kappa shape index (κ1) is 29.0. The molecule has 1 saturated heterocycles. The monoisotopic (exact) mass is 620 g/mol. The topological polar surface area (TPSA) is 135 Å². The van der Waals surface area contributed by atoms with E-state index in [1.807, 2.05) is 4.72 Å². The third-order valence-electron chi connectivity index (χ3n) is 6.35. The number of nitrogens with zero attached hydrogens (tertiary/aromatic N) is 3. The second-order valence-corrected chi connectivity index (χ2v) is 12.8. The van der Waals surface area contributed by atoms with Crippen LogP contribution in [0.5, 0.6) is 0 Å². The van der Waals surface area contributed by atoms with Crippen LogP contribution >= 0.6 is 22.9 Å². The molecule has 0 spiro atoms. The summed E-state index contributed by atoms with van der Waals surface area (Å²) in [6.45, 7) is 5.15. The van der Waals surface area contributed by atoms with Crippen LogP contribution in [-0.4, -0.2) is 68.3 Å². The third-order valence-corrected chi connectivity index (χ3v) is 9.40. The number of amides is 2. The van der Waals surface area contributed by atoms with E-state index in [2.05, 4.69) is 20.5 Å². The third kappa shape index (κ3) is 7.02. The van der Waals surface area contributed by atoms with E-state index in [4.69, 9.17) is 16.3 Å². The summed E-state index contributed by atoms with van der Waals surface area (Å²) in [5, 5.41) is 5.93. The number of hydrogen-bond acceptors (Lipinski definition) is 9. The van der Waals surface area contributed by atoms with Crippen LogP contribution < -0.4 is 20.9 Å². The number of carbonyl (C=O) groups is 1. The number of morpholine rings is 1. The van der Waals surface area contributed by atoms with Gasteiger partial charge in [-0.15, -0.1) is 11.3 Å². The van der Waals surface area contributed by atoms with Crippen LogP contribution in [0.1, 0.15) is 6.42 Å². The van der Waals surface area contributed by atoms with Crippen molar-refractivity contribution in [3.05, 3.63) is 75.4 Å². The molecule has 1 fully saturated rings. The number of anilines is 2. The summed E-state index contributed by atoms with van der Waals surface area (Å²) in [6.07, 6.45) is 2.20. The zero-order chi connectivity index (χ0) is 29.0. The normalized spacial score (nSPS) is 14.2. The van der Waals surface area contributed by atoms with E-state index in [9.17, 15) is 18.0 Å². The van der Waals surface area contributed by atoms with Crippen molar-refractivity contribution in [3.63, 3.8) is 0 Å². The molecule has 4 aromatic rings. The van der Waals surface area contributed by atoms with Crippen molar-refractivity contribution in [2.24, 2.45) is 0 Å². The van der Waals surface area contributed by atoms with E-state index in [0.29, 0.717) is 10.9 Å². The number of aromatic nitrogens is 2. The number of sulfonamides is 1. The number of ether oxygens (including phenoxy) is 1. The number of nitrogens with one attached hydrogen (secondary N) is 3. The molecular weight excluding hydrogens is 595 g/mol. The summed E-state index contributed by atoms with van der Waals surface area (Å²) in [4.78, 5) is 32.1. The zero-order valence-electron chi connectivity index (χ0n) is 21.6. The van der Waals surface area contributed by atoms with Gasteiger partial charge in [0.15, 0.2) is 0 Å². The van der Waals surface area contributed by atoms with Crippen molar-refractivity contribution in [2.45, 2.75) is 10.6 Å². The van der Waals surface area contributed by atoms with Gasteiger partial charge >= 0.3 is 6.03 Å². The Morgan fingerprint density at radius 3 is 2.61 bits per heavy atom. The minimum atomic E-state index is -4.15. The molecule has 0 saturated carbocycles. The second-order valence-electron chi connectivity index (χ2n) is 9.17. The zero-order valence-corrected chi connectivity index (χ0v) is 24.0. The quantitative estimate of drug-likeness (QED) is 0.240. The molecule has 0 aliphatic carbocycles. The van der Waals surface area contributed by atoms with Crippen LogP contribution in [0.4, 0.5) is 20.6 Å². The maximum atomic E-state index is 15.0. The van der Waals surface area contributed by atoms with Gasteiger partial charge in [0.05, 0.1) is 34.1 Å². The minimum Gasteiger partial charge on any atom is -0.385 e. The number of fused-ring (bicyclic) bond motifs is 1. The number of thiophene rings is 1. The molecule has 15 heteroatoms. The van der Waals surface area contributed by atoms with Gasteiger partial charge in [0.2, 0.25) is 0 Å². The molecule has 5 rings (SSSR count). The van der Waals surface area contributed by atoms with Crippen molar-refractivity contribution in [1.29, 1.82) is 0 Å². The summed E-state index contributed by atoms with van der Waals surface area (Å²) in [5.41, 5.74) is 0.726. The van der Waals surface area contributed by atoms with Crippen molar-refractivity contribution in [1.82, 2.24) is 19.2 Å². The molecule has 3 N–H and O–H groups in total. The summed E-state index contributed by atoms with van der Waals surface area (Å²) >= 11 is 6.54. The maximum absolute atomic E-state index is 15.0. The molecule has 2 aromatic heterocycles. The predicted octanol–water partition coefficient (Wildman–Crippen LogP) is 3.88. The lowest BCUT2D eigenvalue weighted by molar-refractivity contribution is 0.0378. The second kappa shape index (κ2) is 12.5. The summed E-state index contributed by atoms with van der Waals surface area (Å²) in [7, 11) is -4.15. The van der Waals surface area contributed by atoms with E-state index in [0.717, 1.165) is 73.5 Å². The largest absolute Gasteiger partial charge is 0.385 e. The highest BCUT2D eigenvalue weighted by Crippen LogP contribution is 2.25. The number of carbonyl (C=O) groups excluding carboxylic acids is 1. The Hall–Kier alpha value is -3.56. The number of urea groups is 1. The average Bonchev–Trinajstić information content (AvgIpc) is 3.39. The Morgan fingerprint density at radius 1 is 1.10 bits per heavy atom. The molecule has 2 aromatic carbocycles. The van der Waals surface area contributed by atoms with Gasteiger partial charge in [-0.25, -0.2) is 27.3 Å². The molecular formula is C26H26ClFN6O5S2. The fraction of sp³-hybridized carbons (Fsp3) is 0.269. The van der Waals surface area contributed by atoms with Crippen molar-refractivity contribution >= 4 is 61.3 Å². The van der Waals surface area contributed by atoms with E-state index in [1.165, 1.54) is 30.6 Å². The summed E-state index contributed by atoms with van der Waals surface area (Å²) in [6, 6.07) is 10.4. The molecule has 0 atom stereocenters. The first-order valence-corrected chi connectivity index (χ1v) is 15.3. The predicted molar refractivity (Wildman–Crippen MR) is 156 cm³/mol. The van der Waals surface area contributed by atoms with Crippen molar-refractivity contribution < 1.29 is 22.3 Å². The van der Waals surface area contributed by atoms with Crippen LogP contribution in [0, 0.1) is 5.82 Å². The number of benzene rings is 2. The first-order chi connectivity index (χ1) is 19.7. The molecule has 0 radical (unpaired) electrons. The van der Waals surface area contributed by atoms with Crippen LogP contribution in [0.15, 0.2) is 63.9 Å². The van der Waals surface area contributed by atoms with Gasteiger partial charge in [0.1, 0.15) is 16.4 Å². The van der Waals surface area contributed by atoms with E-state index >= 15 is 4.39 Å². The van der Waals surface area contributed by atoms with Gasteiger partial charge in [-0.05, 0) is 61.5 Å². The highest BCUT2D eigenvalue weighted by atomic mass is 35.5. The van der Waals surface area contributed by atoms with Gasteiger partial charge in [0.25, 0.3) is 15.6 Å². The molecule has 0 unspecified atom stereocenters. The molecule has 216 valence electrons. The summed E-state index contributed by atoms with van der Waals surface area (Å²) < 4.78 is 48.0. The van der Waals surface area contributed by atoms with Crippen LogP contribution in [0.2, 0.25) is 4.34 Å². The lowest BCUT2D eigenvalue weighted by Crippen LogP contribution is -2.37. The van der Waals surface area contributed by atoms with Crippen molar-refractivity contribution in [2.75, 3.05) is 50.0 Å². The smallest absolute Gasteiger partial charge is 0.333 e. The van der Waals surface area contributed by atoms with Gasteiger partial charge in [-0.2, -0.15) is 0 Å². The fourth-order valence-corrected chi connectivity index (χ4v) is 6.70. The van der Waals surface area contributed by atoms with Crippen LogP contribution in [0.25, 0.3) is 16.6 Å². The molecule has 1 aliphatic heterocycles. The molecule has 2 amide bonds. The highest BCUT2D eigenvalue weighted by Gasteiger charge is 2.20. The Bertz CT molecular complexity index is 1740. The molecule has 3 heterocycles. The Labute approximate surface area is 244 Å². The standard InChI is InChI=1S/C26H26ClFN6O5S2/c27-23-6-7-24(40-23)41(37,38)32-26(36)31-18-3-5-22(20(28)14-18)34-16-30-21-15-17(2-4-19(21)25(34)35)29-8-1-9-33-10-12-39-13-11-33/h2-7,14-16,29H,1,8-13H2,(H2,31,32,36). The van der Waals surface area contributed by atoms with Crippen LogP contribution in [0.3, 0.4) is 0 Å². The number of hydrogen-bond donors (Lipinski definition) is 3. The van der Waals surface area contributed by atoms with Gasteiger partial charge < -0.3 is 15.4 Å². The minimum absolute atomic E-state index is 0.0192. The number of rotatable bonds is 9. The summed E-state index contributed by atoms with van der Waals surface area (Å²) in [5.74, 6) is -0.822. The van der Waals surface area contributed by atoms with E-state index in [1.54, 1.807) is 18.2 Å². The fourth-order valence-electron chi connectivity index (χ4n) is 4.31. The highest BCUT2D eigenvalue weighted by molar-refractivity contribution is 7.92. The van der Waals surface area contributed by atoms with Crippen LogP contribution in [-0.2, 0) is 14.8 Å². The lowest BCUT2D eigenvalue weighted by atomic mass is 10.2. The lowest BCUT2D eigenvalue weighted by Gasteiger charge is -2.26. The Balaban J connectivity index is 1.24. The maximum Gasteiger partial charge on any atom is 0.333 e. The molecule has 41 heavy (non-hydrogen) atoms. The Morgan fingerprint density at radius 2 is 1.88 bits per heavy atom. The van der Waals surface area contributed by atoms with E-state index < -0.39 is 27.4 Å². The average molecular weight is 621 g/mol. The van der Waals surface area contributed by atoms with Gasteiger partial charge in [0, 0.05) is 31.0 Å². The van der Waals surface area contributed by atoms with Gasteiger partial charge in [-0.1, -0.05) is 11.6 Å². The van der Waals surface area contributed by atoms with Gasteiger partial charge in [-0.3, -0.25) is 14.3 Å². The molecule has 0 bridgehead atoms.